The number of hydrogen-bond acceptors (Lipinski definition) is 3. The van der Waals surface area contributed by atoms with Crippen molar-refractivity contribution in [2.75, 3.05) is 12.4 Å². The summed E-state index contributed by atoms with van der Waals surface area (Å²) in [5.74, 6) is 1.37. The Labute approximate surface area is 223 Å². The van der Waals surface area contributed by atoms with Crippen LogP contribution in [0.2, 0.25) is 0 Å². The van der Waals surface area contributed by atoms with E-state index in [4.69, 9.17) is 4.74 Å². The summed E-state index contributed by atoms with van der Waals surface area (Å²) < 4.78 is 6.47. The number of carbonyl (C=O) groups is 1. The average molecular weight is 505 g/mol. The average Bonchev–Trinajstić information content (AvgIpc) is 2.81. The van der Waals surface area contributed by atoms with Gasteiger partial charge in [-0.1, -0.05) is 140 Å². The van der Waals surface area contributed by atoms with Crippen LogP contribution in [0.5, 0.6) is 0 Å². The van der Waals surface area contributed by atoms with Crippen molar-refractivity contribution in [3.8, 4) is 0 Å². The Hall–Kier alpha value is -2.52. The molecule has 194 valence electrons. The van der Waals surface area contributed by atoms with Crippen LogP contribution in [0, 0.1) is 16.2 Å². The lowest BCUT2D eigenvalue weighted by Gasteiger charge is -2.44. The quantitative estimate of drug-likeness (QED) is 0.183. The third kappa shape index (κ3) is 7.74. The van der Waals surface area contributed by atoms with Crippen LogP contribution >= 0.6 is 11.8 Å². The third-order valence-electron chi connectivity index (χ3n) is 6.70. The van der Waals surface area contributed by atoms with Crippen LogP contribution in [0.25, 0.3) is 11.1 Å². The summed E-state index contributed by atoms with van der Waals surface area (Å²) in [5, 5.41) is 0.236. The first kappa shape index (κ1) is 29.7. The predicted molar refractivity (Wildman–Crippen MR) is 159 cm³/mol. The molecule has 0 spiro atoms. The number of rotatable bonds is 10. The second-order valence-corrected chi connectivity index (χ2v) is 12.8. The summed E-state index contributed by atoms with van der Waals surface area (Å²) in [6.45, 7) is 21.8. The van der Waals surface area contributed by atoms with Gasteiger partial charge in [0.25, 0.3) is 0 Å². The first-order valence-electron chi connectivity index (χ1n) is 12.8. The summed E-state index contributed by atoms with van der Waals surface area (Å²) in [6.07, 6.45) is 4.78. The zero-order valence-corrected chi connectivity index (χ0v) is 24.3. The molecular formula is C33H44O2S. The van der Waals surface area contributed by atoms with Crippen molar-refractivity contribution in [2.24, 2.45) is 16.2 Å². The van der Waals surface area contributed by atoms with Crippen LogP contribution in [0.3, 0.4) is 0 Å². The molecule has 0 aromatic heterocycles. The Morgan fingerprint density at radius 3 is 1.86 bits per heavy atom. The molecule has 0 amide bonds. The molecule has 0 bridgehead atoms. The maximum Gasteiger partial charge on any atom is 0.195 e. The number of benzene rings is 2. The Morgan fingerprint density at radius 2 is 1.42 bits per heavy atom. The first-order chi connectivity index (χ1) is 16.8. The molecular weight excluding hydrogens is 460 g/mol. The molecule has 1 atom stereocenters. The number of carbonyl (C=O) groups excluding carboxylic acids is 1. The fourth-order valence-electron chi connectivity index (χ4n) is 4.45. The molecule has 0 aliphatic carbocycles. The number of hydrogen-bond donors (Lipinski definition) is 0. The molecule has 2 nitrogen and oxygen atoms in total. The molecule has 1 unspecified atom stereocenters. The molecule has 0 aliphatic heterocycles. The van der Waals surface area contributed by atoms with E-state index in [2.05, 4.69) is 85.4 Å². The molecule has 0 N–H and O–H groups in total. The minimum Gasteiger partial charge on any atom is -0.491 e. The molecule has 0 heterocycles. The molecule has 2 aromatic rings. The molecule has 3 heteroatoms. The van der Waals surface area contributed by atoms with Gasteiger partial charge in [0.05, 0.1) is 6.61 Å². The van der Waals surface area contributed by atoms with E-state index in [1.807, 2.05) is 49.4 Å². The van der Waals surface area contributed by atoms with E-state index in [0.717, 1.165) is 34.5 Å². The van der Waals surface area contributed by atoms with Crippen molar-refractivity contribution in [2.45, 2.75) is 61.8 Å². The monoisotopic (exact) mass is 504 g/mol. The molecule has 2 rings (SSSR count). The highest BCUT2D eigenvalue weighted by atomic mass is 32.2. The van der Waals surface area contributed by atoms with Gasteiger partial charge in [0.15, 0.2) is 5.12 Å². The fourth-order valence-corrected chi connectivity index (χ4v) is 5.50. The van der Waals surface area contributed by atoms with E-state index in [1.54, 1.807) is 0 Å². The lowest BCUT2D eigenvalue weighted by atomic mass is 9.62. The van der Waals surface area contributed by atoms with E-state index in [0.29, 0.717) is 12.4 Å². The fraction of sp³-hybridized carbons (Fsp3) is 0.424. The maximum absolute atomic E-state index is 13.5. The Balaban J connectivity index is 2.31. The predicted octanol–water partition coefficient (Wildman–Crippen LogP) is 9.45. The molecule has 0 aliphatic rings. The lowest BCUT2D eigenvalue weighted by molar-refractivity contribution is -0.126. The Bertz CT molecular complexity index is 1070. The van der Waals surface area contributed by atoms with Crippen molar-refractivity contribution in [1.29, 1.82) is 0 Å². The van der Waals surface area contributed by atoms with Gasteiger partial charge < -0.3 is 4.74 Å². The highest BCUT2D eigenvalue weighted by Gasteiger charge is 2.46. The van der Waals surface area contributed by atoms with Crippen molar-refractivity contribution >= 4 is 28.0 Å². The van der Waals surface area contributed by atoms with Crippen LogP contribution in [0.15, 0.2) is 85.2 Å². The minimum atomic E-state index is -0.427. The van der Waals surface area contributed by atoms with E-state index in [9.17, 15) is 4.79 Å². The van der Waals surface area contributed by atoms with Gasteiger partial charge in [0, 0.05) is 22.3 Å². The lowest BCUT2D eigenvalue weighted by Crippen LogP contribution is -2.42. The van der Waals surface area contributed by atoms with Crippen LogP contribution in [0.1, 0.15) is 72.9 Å². The molecule has 0 fully saturated rings. The second-order valence-electron chi connectivity index (χ2n) is 11.7. The van der Waals surface area contributed by atoms with Gasteiger partial charge in [0.2, 0.25) is 0 Å². The molecule has 2 aromatic carbocycles. The summed E-state index contributed by atoms with van der Waals surface area (Å²) in [5.41, 5.74) is 3.59. The van der Waals surface area contributed by atoms with E-state index < -0.39 is 5.41 Å². The van der Waals surface area contributed by atoms with E-state index in [-0.39, 0.29) is 15.9 Å². The molecule has 0 saturated carbocycles. The van der Waals surface area contributed by atoms with Crippen LogP contribution < -0.4 is 0 Å². The normalized spacial score (nSPS) is 15.1. The molecule has 0 radical (unpaired) electrons. The van der Waals surface area contributed by atoms with Gasteiger partial charge in [-0.05, 0) is 35.3 Å². The third-order valence-corrected chi connectivity index (χ3v) is 7.79. The van der Waals surface area contributed by atoms with Gasteiger partial charge in [-0.3, -0.25) is 4.79 Å². The van der Waals surface area contributed by atoms with Crippen molar-refractivity contribution in [3.05, 3.63) is 96.3 Å². The summed E-state index contributed by atoms with van der Waals surface area (Å²) in [6, 6.07) is 20.4. The maximum atomic E-state index is 13.5. The largest absolute Gasteiger partial charge is 0.491 e. The first-order valence-corrected chi connectivity index (χ1v) is 13.8. The Kier molecular flexibility index (Phi) is 10.4. The van der Waals surface area contributed by atoms with Crippen molar-refractivity contribution in [1.82, 2.24) is 0 Å². The van der Waals surface area contributed by atoms with Crippen LogP contribution in [-0.4, -0.2) is 17.5 Å². The second kappa shape index (κ2) is 12.6. The highest BCUT2D eigenvalue weighted by Crippen LogP contribution is 2.49. The standard InChI is InChI=1S/C33H44O2S/c1-10-27(25-18-14-12-15-19-25)29(28(11-2)26-20-16-13-17-21-26)35-22-23-36-30(34)33(9,32(6,7)8)24-31(3,4)5/h10-21H,1,22-24H2,2-9H3/b28-11-,29-27-. The molecule has 36 heavy (non-hydrogen) atoms. The van der Waals surface area contributed by atoms with E-state index in [1.165, 1.54) is 11.8 Å². The highest BCUT2D eigenvalue weighted by molar-refractivity contribution is 8.13. The molecule has 0 saturated heterocycles. The van der Waals surface area contributed by atoms with Crippen LogP contribution in [0.4, 0.5) is 0 Å². The summed E-state index contributed by atoms with van der Waals surface area (Å²) >= 11 is 1.39. The van der Waals surface area contributed by atoms with Crippen LogP contribution in [-0.2, 0) is 9.53 Å². The van der Waals surface area contributed by atoms with Gasteiger partial charge >= 0.3 is 0 Å². The van der Waals surface area contributed by atoms with Gasteiger partial charge in [-0.25, -0.2) is 0 Å². The van der Waals surface area contributed by atoms with Gasteiger partial charge in [-0.2, -0.15) is 0 Å². The van der Waals surface area contributed by atoms with Gasteiger partial charge in [-0.15, -0.1) is 0 Å². The van der Waals surface area contributed by atoms with Crippen molar-refractivity contribution in [3.63, 3.8) is 0 Å². The topological polar surface area (TPSA) is 26.3 Å². The van der Waals surface area contributed by atoms with Crippen molar-refractivity contribution < 1.29 is 9.53 Å². The van der Waals surface area contributed by atoms with Gasteiger partial charge in [0.1, 0.15) is 5.76 Å². The number of ether oxygens (including phenoxy) is 1. The Morgan fingerprint density at radius 1 is 0.889 bits per heavy atom. The SMILES string of the molecule is C=C/C(=C(OCCSC(=O)C(C)(CC(C)(C)C)C(C)(C)C)\C(=C/C)c1ccccc1)c1ccccc1. The smallest absolute Gasteiger partial charge is 0.195 e. The summed E-state index contributed by atoms with van der Waals surface area (Å²) in [7, 11) is 0. The summed E-state index contributed by atoms with van der Waals surface area (Å²) in [4.78, 5) is 13.5. The number of thioether (sulfide) groups is 1. The van der Waals surface area contributed by atoms with E-state index >= 15 is 0 Å². The minimum absolute atomic E-state index is 0.0652. The number of allylic oxidation sites excluding steroid dienone is 4. The zero-order chi connectivity index (χ0) is 27.0. The zero-order valence-electron chi connectivity index (χ0n) is 23.5.